The van der Waals surface area contributed by atoms with E-state index in [1.807, 2.05) is 37.3 Å². The van der Waals surface area contributed by atoms with Crippen LogP contribution in [0, 0.1) is 5.82 Å². The molecule has 0 spiro atoms. The summed E-state index contributed by atoms with van der Waals surface area (Å²) in [5.41, 5.74) is 2.10. The first-order valence-electron chi connectivity index (χ1n) is 9.94. The second kappa shape index (κ2) is 12.3. The number of hydrogen-bond donors (Lipinski definition) is 1. The fourth-order valence-electron chi connectivity index (χ4n) is 2.89. The lowest BCUT2D eigenvalue weighted by molar-refractivity contribution is -0.137. The minimum atomic E-state index is -0.524. The van der Waals surface area contributed by atoms with Crippen LogP contribution in [-0.4, -0.2) is 41.6 Å². The number of nitrogens with zero attached hydrogens (tertiary/aromatic N) is 1. The third-order valence-corrected chi connectivity index (χ3v) is 5.60. The van der Waals surface area contributed by atoms with E-state index >= 15 is 0 Å². The zero-order valence-corrected chi connectivity index (χ0v) is 17.9. The predicted molar refractivity (Wildman–Crippen MR) is 117 cm³/mol. The summed E-state index contributed by atoms with van der Waals surface area (Å²) in [6.45, 7) is 4.86. The second-order valence-electron chi connectivity index (χ2n) is 6.91. The summed E-state index contributed by atoms with van der Waals surface area (Å²) >= 11 is 1.47. The summed E-state index contributed by atoms with van der Waals surface area (Å²) in [5.74, 6) is 0.435. The van der Waals surface area contributed by atoms with Crippen molar-refractivity contribution in [3.8, 4) is 0 Å². The molecule has 29 heavy (non-hydrogen) atoms. The Labute approximate surface area is 176 Å². The van der Waals surface area contributed by atoms with Crippen molar-refractivity contribution in [1.29, 1.82) is 0 Å². The number of halogens is 1. The summed E-state index contributed by atoms with van der Waals surface area (Å²) < 4.78 is 13.0. The molecule has 0 aliphatic heterocycles. The molecule has 0 saturated carbocycles. The first-order valence-corrected chi connectivity index (χ1v) is 11.1. The Morgan fingerprint density at radius 2 is 1.76 bits per heavy atom. The Balaban J connectivity index is 1.96. The molecule has 0 aromatic heterocycles. The van der Waals surface area contributed by atoms with Crippen molar-refractivity contribution in [3.63, 3.8) is 0 Å². The molecule has 0 fully saturated rings. The Bertz CT molecular complexity index is 768. The van der Waals surface area contributed by atoms with Crippen molar-refractivity contribution in [2.75, 3.05) is 18.8 Å². The highest BCUT2D eigenvalue weighted by Crippen LogP contribution is 2.15. The quantitative estimate of drug-likeness (QED) is 0.601. The van der Waals surface area contributed by atoms with Gasteiger partial charge < -0.3 is 10.2 Å². The average Bonchev–Trinajstić information content (AvgIpc) is 2.74. The average molecular weight is 417 g/mol. The number of nitrogens with one attached hydrogen (secondary N) is 1. The Kier molecular flexibility index (Phi) is 9.71. The fourth-order valence-corrected chi connectivity index (χ4v) is 3.76. The lowest BCUT2D eigenvalue weighted by Gasteiger charge is -2.28. The van der Waals surface area contributed by atoms with Gasteiger partial charge in [0.2, 0.25) is 11.8 Å². The molecule has 4 nitrogen and oxygen atoms in total. The van der Waals surface area contributed by atoms with Gasteiger partial charge >= 0.3 is 0 Å². The van der Waals surface area contributed by atoms with Crippen LogP contribution in [0.4, 0.5) is 4.39 Å². The van der Waals surface area contributed by atoms with Gasteiger partial charge in [0, 0.05) is 18.8 Å². The summed E-state index contributed by atoms with van der Waals surface area (Å²) in [6, 6.07) is 15.7. The van der Waals surface area contributed by atoms with Gasteiger partial charge in [0.25, 0.3) is 0 Å². The topological polar surface area (TPSA) is 49.4 Å². The smallest absolute Gasteiger partial charge is 0.242 e. The number of benzene rings is 2. The van der Waals surface area contributed by atoms with Crippen molar-refractivity contribution in [1.82, 2.24) is 10.2 Å². The number of amides is 2. The van der Waals surface area contributed by atoms with Crippen LogP contribution in [-0.2, 0) is 21.8 Å². The first kappa shape index (κ1) is 22.9. The molecule has 1 N–H and O–H groups in total. The minimum Gasteiger partial charge on any atom is -0.354 e. The molecule has 0 radical (unpaired) electrons. The molecule has 0 unspecified atom stereocenters. The monoisotopic (exact) mass is 416 g/mol. The van der Waals surface area contributed by atoms with Gasteiger partial charge in [0.15, 0.2) is 0 Å². The molecular weight excluding hydrogens is 387 g/mol. The molecule has 2 amide bonds. The summed E-state index contributed by atoms with van der Waals surface area (Å²) in [7, 11) is 0. The number of carbonyl (C=O) groups excluding carboxylic acids is 2. The van der Waals surface area contributed by atoms with Crippen LogP contribution >= 0.6 is 11.8 Å². The van der Waals surface area contributed by atoms with E-state index in [0.717, 1.165) is 17.5 Å². The first-order chi connectivity index (χ1) is 14.0. The van der Waals surface area contributed by atoms with E-state index in [1.54, 1.807) is 24.0 Å². The van der Waals surface area contributed by atoms with Gasteiger partial charge in [0.1, 0.15) is 11.9 Å². The molecule has 1 atom stereocenters. The predicted octanol–water partition coefficient (Wildman–Crippen LogP) is 4.04. The summed E-state index contributed by atoms with van der Waals surface area (Å²) in [6.07, 6.45) is 1.55. The minimum absolute atomic E-state index is 0.0628. The molecule has 0 aliphatic carbocycles. The zero-order valence-electron chi connectivity index (χ0n) is 17.1. The van der Waals surface area contributed by atoms with E-state index < -0.39 is 6.04 Å². The molecule has 0 bridgehead atoms. The molecule has 2 aromatic carbocycles. The molecule has 2 rings (SSSR count). The molecule has 0 aliphatic rings. The van der Waals surface area contributed by atoms with Crippen molar-refractivity contribution in [2.24, 2.45) is 0 Å². The summed E-state index contributed by atoms with van der Waals surface area (Å²) in [5, 5.41) is 2.88. The van der Waals surface area contributed by atoms with Gasteiger partial charge in [-0.25, -0.2) is 4.39 Å². The van der Waals surface area contributed by atoms with Gasteiger partial charge in [-0.2, -0.15) is 0 Å². The normalized spacial score (nSPS) is 11.7. The highest BCUT2D eigenvalue weighted by molar-refractivity contribution is 7.99. The third kappa shape index (κ3) is 7.89. The maximum absolute atomic E-state index is 13.0. The molecule has 0 saturated heterocycles. The van der Waals surface area contributed by atoms with Crippen molar-refractivity contribution in [2.45, 2.75) is 38.5 Å². The number of rotatable bonds is 11. The van der Waals surface area contributed by atoms with Gasteiger partial charge in [-0.05, 0) is 43.0 Å². The van der Waals surface area contributed by atoms with Crippen molar-refractivity contribution in [3.05, 3.63) is 71.5 Å². The van der Waals surface area contributed by atoms with Crippen molar-refractivity contribution < 1.29 is 14.0 Å². The standard InChI is InChI=1S/C23H29FN2O2S/c1-3-14-25-23(28)18(2)26(15-13-19-7-5-4-6-8-19)22(27)17-29-16-20-9-11-21(24)12-10-20/h4-12,18H,3,13-17H2,1-2H3,(H,25,28)/t18-/m0/s1. The van der Waals surface area contributed by atoms with Crippen LogP contribution in [0.2, 0.25) is 0 Å². The van der Waals surface area contributed by atoms with Crippen LogP contribution in [0.3, 0.4) is 0 Å². The van der Waals surface area contributed by atoms with Crippen molar-refractivity contribution >= 4 is 23.6 Å². The number of hydrogen-bond acceptors (Lipinski definition) is 3. The van der Waals surface area contributed by atoms with Gasteiger partial charge in [-0.15, -0.1) is 11.8 Å². The molecular formula is C23H29FN2O2S. The van der Waals surface area contributed by atoms with Gasteiger partial charge in [-0.1, -0.05) is 49.4 Å². The molecule has 0 heterocycles. The largest absolute Gasteiger partial charge is 0.354 e. The zero-order chi connectivity index (χ0) is 21.1. The third-order valence-electron chi connectivity index (χ3n) is 4.61. The van der Waals surface area contributed by atoms with E-state index in [9.17, 15) is 14.0 Å². The molecule has 6 heteroatoms. The highest BCUT2D eigenvalue weighted by Gasteiger charge is 2.25. The lowest BCUT2D eigenvalue weighted by Crippen LogP contribution is -2.49. The van der Waals surface area contributed by atoms with E-state index in [-0.39, 0.29) is 23.4 Å². The lowest BCUT2D eigenvalue weighted by atomic mass is 10.1. The summed E-state index contributed by atoms with van der Waals surface area (Å²) in [4.78, 5) is 27.0. The second-order valence-corrected chi connectivity index (χ2v) is 7.89. The van der Waals surface area contributed by atoms with Crippen LogP contribution in [0.15, 0.2) is 54.6 Å². The van der Waals surface area contributed by atoms with E-state index in [0.29, 0.717) is 25.3 Å². The number of carbonyl (C=O) groups is 2. The van der Waals surface area contributed by atoms with Crippen LogP contribution in [0.25, 0.3) is 0 Å². The highest BCUT2D eigenvalue weighted by atomic mass is 32.2. The maximum Gasteiger partial charge on any atom is 0.242 e. The maximum atomic E-state index is 13.0. The molecule has 2 aromatic rings. The van der Waals surface area contributed by atoms with Gasteiger partial charge in [0.05, 0.1) is 5.75 Å². The van der Waals surface area contributed by atoms with Crippen LogP contribution in [0.5, 0.6) is 0 Å². The van der Waals surface area contributed by atoms with E-state index in [1.165, 1.54) is 23.9 Å². The Morgan fingerprint density at radius 3 is 2.41 bits per heavy atom. The van der Waals surface area contributed by atoms with E-state index in [4.69, 9.17) is 0 Å². The Morgan fingerprint density at radius 1 is 1.07 bits per heavy atom. The fraction of sp³-hybridized carbons (Fsp3) is 0.391. The number of thioether (sulfide) groups is 1. The Hall–Kier alpha value is -2.34. The van der Waals surface area contributed by atoms with Crippen LogP contribution in [0.1, 0.15) is 31.4 Å². The van der Waals surface area contributed by atoms with Crippen LogP contribution < -0.4 is 5.32 Å². The SMILES string of the molecule is CCCNC(=O)[C@H](C)N(CCc1ccccc1)C(=O)CSCc1ccc(F)cc1. The molecule has 156 valence electrons. The van der Waals surface area contributed by atoms with E-state index in [2.05, 4.69) is 5.32 Å². The van der Waals surface area contributed by atoms with Gasteiger partial charge in [-0.3, -0.25) is 9.59 Å².